The number of benzene rings is 2. The summed E-state index contributed by atoms with van der Waals surface area (Å²) in [4.78, 5) is 50.9. The molecule has 1 aliphatic heterocycles. The average molecular weight is 408 g/mol. The molecule has 2 aromatic carbocycles. The highest BCUT2D eigenvalue weighted by molar-refractivity contribution is 6.22. The van der Waals surface area contributed by atoms with Crippen LogP contribution in [0.4, 0.5) is 0 Å². The molecule has 0 spiro atoms. The number of hydrogen-bond acceptors (Lipinski definition) is 5. The Hall–Kier alpha value is -3.48. The van der Waals surface area contributed by atoms with Gasteiger partial charge in [0.1, 0.15) is 19.2 Å². The van der Waals surface area contributed by atoms with E-state index in [0.29, 0.717) is 6.42 Å². The van der Waals surface area contributed by atoms with Gasteiger partial charge < -0.3 is 10.1 Å². The van der Waals surface area contributed by atoms with Gasteiger partial charge in [0, 0.05) is 0 Å². The predicted molar refractivity (Wildman–Crippen MR) is 109 cm³/mol. The zero-order valence-corrected chi connectivity index (χ0v) is 17.0. The molecule has 1 atom stereocenters. The molecule has 1 aliphatic rings. The van der Waals surface area contributed by atoms with Gasteiger partial charge in [-0.05, 0) is 30.0 Å². The lowest BCUT2D eigenvalue weighted by Crippen LogP contribution is -2.47. The Morgan fingerprint density at radius 2 is 1.50 bits per heavy atom. The minimum absolute atomic E-state index is 0.0997. The molecule has 0 aliphatic carbocycles. The molecule has 3 amide bonds. The molecular weight excluding hydrogens is 384 g/mol. The highest BCUT2D eigenvalue weighted by atomic mass is 16.5. The van der Waals surface area contributed by atoms with Gasteiger partial charge in [0.15, 0.2) is 0 Å². The maximum atomic E-state index is 12.5. The highest BCUT2D eigenvalue weighted by Crippen LogP contribution is 2.22. The second kappa shape index (κ2) is 9.35. The normalized spacial score (nSPS) is 13.9. The summed E-state index contributed by atoms with van der Waals surface area (Å²) >= 11 is 0. The summed E-state index contributed by atoms with van der Waals surface area (Å²) in [5.41, 5.74) is 1.39. The molecular formula is C23H24N2O5. The van der Waals surface area contributed by atoms with Crippen molar-refractivity contribution in [1.82, 2.24) is 10.2 Å². The molecule has 0 radical (unpaired) electrons. The summed E-state index contributed by atoms with van der Waals surface area (Å²) in [6.45, 7) is 3.50. The van der Waals surface area contributed by atoms with Crippen LogP contribution >= 0.6 is 0 Å². The van der Waals surface area contributed by atoms with Crippen LogP contribution in [0.25, 0.3) is 0 Å². The molecule has 3 rings (SSSR count). The van der Waals surface area contributed by atoms with Gasteiger partial charge in [-0.1, -0.05) is 56.3 Å². The van der Waals surface area contributed by atoms with Gasteiger partial charge in [0.2, 0.25) is 5.91 Å². The molecule has 7 heteroatoms. The molecule has 0 bridgehead atoms. The first kappa shape index (κ1) is 21.2. The third-order valence-electron chi connectivity index (χ3n) is 4.73. The summed E-state index contributed by atoms with van der Waals surface area (Å²) in [5, 5.41) is 2.62. The van der Waals surface area contributed by atoms with Crippen LogP contribution in [0.3, 0.4) is 0 Å². The van der Waals surface area contributed by atoms with Crippen molar-refractivity contribution in [3.63, 3.8) is 0 Å². The van der Waals surface area contributed by atoms with Gasteiger partial charge in [-0.2, -0.15) is 0 Å². The second-order valence-corrected chi connectivity index (χ2v) is 7.58. The summed E-state index contributed by atoms with van der Waals surface area (Å²) in [5.74, 6) is -2.05. The molecule has 30 heavy (non-hydrogen) atoms. The molecule has 0 fully saturated rings. The minimum Gasteiger partial charge on any atom is -0.459 e. The third kappa shape index (κ3) is 4.92. The highest BCUT2D eigenvalue weighted by Gasteiger charge is 2.37. The van der Waals surface area contributed by atoms with Crippen molar-refractivity contribution in [2.75, 3.05) is 6.54 Å². The molecule has 0 saturated carbocycles. The average Bonchev–Trinajstić information content (AvgIpc) is 2.97. The standard InChI is InChI=1S/C23H24N2O5/c1-15(2)12-19(23(29)30-14-16-8-4-3-5-9-16)24-20(26)13-25-21(27)17-10-6-7-11-18(17)22(25)28/h3-11,15,19H,12-14H2,1-2H3,(H,24,26). The molecule has 7 nitrogen and oxygen atoms in total. The number of imide groups is 1. The van der Waals surface area contributed by atoms with E-state index in [9.17, 15) is 19.2 Å². The van der Waals surface area contributed by atoms with Crippen LogP contribution in [0, 0.1) is 5.92 Å². The first-order chi connectivity index (χ1) is 14.4. The van der Waals surface area contributed by atoms with E-state index in [-0.39, 0.29) is 23.7 Å². The molecule has 0 saturated heterocycles. The van der Waals surface area contributed by atoms with Gasteiger partial charge in [-0.3, -0.25) is 19.3 Å². The zero-order chi connectivity index (χ0) is 21.7. The van der Waals surface area contributed by atoms with Crippen LogP contribution < -0.4 is 5.32 Å². The molecule has 1 N–H and O–H groups in total. The predicted octanol–water partition coefficient (Wildman–Crippen LogP) is 2.56. The van der Waals surface area contributed by atoms with Crippen molar-refractivity contribution in [2.24, 2.45) is 5.92 Å². The van der Waals surface area contributed by atoms with Crippen molar-refractivity contribution in [3.8, 4) is 0 Å². The number of amides is 3. The van der Waals surface area contributed by atoms with Gasteiger partial charge in [-0.25, -0.2) is 4.79 Å². The van der Waals surface area contributed by atoms with E-state index in [1.165, 1.54) is 0 Å². The van der Waals surface area contributed by atoms with Gasteiger partial charge >= 0.3 is 5.97 Å². The topological polar surface area (TPSA) is 92.8 Å². The lowest BCUT2D eigenvalue weighted by molar-refractivity contribution is -0.149. The van der Waals surface area contributed by atoms with E-state index < -0.39 is 36.3 Å². The zero-order valence-electron chi connectivity index (χ0n) is 17.0. The lowest BCUT2D eigenvalue weighted by Gasteiger charge is -2.21. The number of ether oxygens (including phenoxy) is 1. The van der Waals surface area contributed by atoms with Crippen molar-refractivity contribution in [2.45, 2.75) is 32.9 Å². The summed E-state index contributed by atoms with van der Waals surface area (Å²) in [6.07, 6.45) is 0.376. The van der Waals surface area contributed by atoms with E-state index in [0.717, 1.165) is 10.5 Å². The van der Waals surface area contributed by atoms with Crippen molar-refractivity contribution < 1.29 is 23.9 Å². The van der Waals surface area contributed by atoms with Crippen LogP contribution in [0.1, 0.15) is 46.5 Å². The minimum atomic E-state index is -0.864. The Bertz CT molecular complexity index is 920. The van der Waals surface area contributed by atoms with E-state index in [1.54, 1.807) is 24.3 Å². The summed E-state index contributed by atoms with van der Waals surface area (Å²) in [6, 6.07) is 14.8. The van der Waals surface area contributed by atoms with Gasteiger partial charge in [0.25, 0.3) is 11.8 Å². The van der Waals surface area contributed by atoms with E-state index in [2.05, 4.69) is 5.32 Å². The fraction of sp³-hybridized carbons (Fsp3) is 0.304. The van der Waals surface area contributed by atoms with Gasteiger partial charge in [0.05, 0.1) is 11.1 Å². The molecule has 156 valence electrons. The van der Waals surface area contributed by atoms with Crippen LogP contribution in [-0.2, 0) is 20.9 Å². The van der Waals surface area contributed by atoms with Gasteiger partial charge in [-0.15, -0.1) is 0 Å². The third-order valence-corrected chi connectivity index (χ3v) is 4.73. The fourth-order valence-electron chi connectivity index (χ4n) is 3.28. The number of esters is 1. The first-order valence-electron chi connectivity index (χ1n) is 9.82. The number of fused-ring (bicyclic) bond motifs is 1. The van der Waals surface area contributed by atoms with E-state index in [1.807, 2.05) is 44.2 Å². The largest absolute Gasteiger partial charge is 0.459 e. The monoisotopic (exact) mass is 408 g/mol. The van der Waals surface area contributed by atoms with Crippen molar-refractivity contribution >= 4 is 23.7 Å². The lowest BCUT2D eigenvalue weighted by atomic mass is 10.0. The summed E-state index contributed by atoms with van der Waals surface area (Å²) in [7, 11) is 0. The smallest absolute Gasteiger partial charge is 0.328 e. The Morgan fingerprint density at radius 1 is 0.933 bits per heavy atom. The second-order valence-electron chi connectivity index (χ2n) is 7.58. The van der Waals surface area contributed by atoms with E-state index >= 15 is 0 Å². The maximum Gasteiger partial charge on any atom is 0.328 e. The summed E-state index contributed by atoms with van der Waals surface area (Å²) < 4.78 is 5.35. The number of nitrogens with one attached hydrogen (secondary N) is 1. The van der Waals surface area contributed by atoms with Crippen molar-refractivity contribution in [1.29, 1.82) is 0 Å². The Kier molecular flexibility index (Phi) is 6.61. The molecule has 0 aromatic heterocycles. The Labute approximate surface area is 175 Å². The molecule has 1 heterocycles. The van der Waals surface area contributed by atoms with Crippen LogP contribution in [-0.4, -0.2) is 41.2 Å². The SMILES string of the molecule is CC(C)CC(NC(=O)CN1C(=O)c2ccccc2C1=O)C(=O)OCc1ccccc1. The van der Waals surface area contributed by atoms with E-state index in [4.69, 9.17) is 4.74 Å². The van der Waals surface area contributed by atoms with Crippen LogP contribution in [0.2, 0.25) is 0 Å². The maximum absolute atomic E-state index is 12.5. The van der Waals surface area contributed by atoms with Crippen LogP contribution in [0.15, 0.2) is 54.6 Å². The first-order valence-corrected chi connectivity index (χ1v) is 9.82. The van der Waals surface area contributed by atoms with Crippen LogP contribution in [0.5, 0.6) is 0 Å². The number of nitrogens with zero attached hydrogens (tertiary/aromatic N) is 1. The molecule has 2 aromatic rings. The Morgan fingerprint density at radius 3 is 2.07 bits per heavy atom. The molecule has 1 unspecified atom stereocenters. The number of rotatable bonds is 8. The number of hydrogen-bond donors (Lipinski definition) is 1. The number of carbonyl (C=O) groups is 4. The Balaban J connectivity index is 1.62. The van der Waals surface area contributed by atoms with Crippen molar-refractivity contribution in [3.05, 3.63) is 71.3 Å². The quantitative estimate of drug-likeness (QED) is 0.535. The number of carbonyl (C=O) groups excluding carboxylic acids is 4. The fourth-order valence-corrected chi connectivity index (χ4v) is 3.28.